The van der Waals surface area contributed by atoms with Crippen LogP contribution in [0.25, 0.3) is 56.7 Å². The van der Waals surface area contributed by atoms with E-state index in [0.29, 0.717) is 0 Å². The van der Waals surface area contributed by atoms with Crippen molar-refractivity contribution in [2.75, 3.05) is 0 Å². The lowest BCUT2D eigenvalue weighted by Gasteiger charge is -2.59. The molecule has 0 N–H and O–H groups in total. The zero-order valence-electron chi connectivity index (χ0n) is 36.7. The summed E-state index contributed by atoms with van der Waals surface area (Å²) in [4.78, 5) is 29.4. The Labute approximate surface area is 365 Å². The second-order valence-electron chi connectivity index (χ2n) is 19.2. The third-order valence-corrected chi connectivity index (χ3v) is 13.3. The molecule has 10 rings (SSSR count). The number of aromatic nitrogens is 6. The van der Waals surface area contributed by atoms with E-state index in [1.807, 2.05) is 97.6 Å². The van der Waals surface area contributed by atoms with E-state index >= 15 is 0 Å². The van der Waals surface area contributed by atoms with Gasteiger partial charge in [0.05, 0.1) is 45.6 Å². The van der Waals surface area contributed by atoms with Gasteiger partial charge in [-0.1, -0.05) is 104 Å². The molecule has 0 aliphatic heterocycles. The Balaban J connectivity index is 1.29. The van der Waals surface area contributed by atoms with Crippen LogP contribution >= 0.6 is 0 Å². The van der Waals surface area contributed by atoms with Gasteiger partial charge in [-0.3, -0.25) is 19.9 Å². The average molecular weight is 807 g/mol. The van der Waals surface area contributed by atoms with Gasteiger partial charge < -0.3 is 0 Å². The molecule has 0 radical (unpaired) electrons. The Morgan fingerprint density at radius 3 is 1.24 bits per heavy atom. The van der Waals surface area contributed by atoms with Gasteiger partial charge in [0.2, 0.25) is 0 Å². The molecule has 6 nitrogen and oxygen atoms in total. The molecule has 304 valence electrons. The van der Waals surface area contributed by atoms with Gasteiger partial charge in [-0.25, -0.2) is 9.97 Å². The molecule has 4 aliphatic carbocycles. The van der Waals surface area contributed by atoms with Crippen LogP contribution in [-0.4, -0.2) is 29.9 Å². The van der Waals surface area contributed by atoms with Crippen molar-refractivity contribution in [3.63, 3.8) is 0 Å². The van der Waals surface area contributed by atoms with Crippen molar-refractivity contribution < 1.29 is 0 Å². The van der Waals surface area contributed by atoms with Crippen LogP contribution in [0.2, 0.25) is 0 Å². The Bertz CT molecular complexity index is 2890. The quantitative estimate of drug-likeness (QED) is 0.167. The van der Waals surface area contributed by atoms with Crippen LogP contribution in [0.5, 0.6) is 0 Å². The standard InChI is InChI=1S/C56H50N6/c1-53(2,3)37-29-39-31-42(36-27-51(47-19-11-15-23-59-47)62-52(28-36)48-20-12-16-24-60-48)44-34-38(54(4,5)6)30-40-32-41(43(33-37)55(39,7)56(40,44)8)35-25-49(45-17-9-13-21-57-45)61-50(26-35)46-18-10-14-22-58-46/h9-34H,1-8H3/t55-,56+. The summed E-state index contributed by atoms with van der Waals surface area (Å²) in [6.07, 6.45) is 22.2. The van der Waals surface area contributed by atoms with Crippen LogP contribution in [-0.2, 0) is 0 Å². The van der Waals surface area contributed by atoms with Crippen molar-refractivity contribution >= 4 is 11.1 Å². The van der Waals surface area contributed by atoms with E-state index in [1.165, 1.54) is 44.6 Å². The Morgan fingerprint density at radius 2 is 0.823 bits per heavy atom. The topological polar surface area (TPSA) is 77.3 Å². The molecule has 0 unspecified atom stereocenters. The second kappa shape index (κ2) is 14.3. The van der Waals surface area contributed by atoms with Crippen molar-refractivity contribution in [3.8, 4) is 45.6 Å². The maximum atomic E-state index is 5.18. The van der Waals surface area contributed by atoms with Crippen molar-refractivity contribution in [2.45, 2.75) is 55.4 Å². The first-order chi connectivity index (χ1) is 29.7. The van der Waals surface area contributed by atoms with Crippen molar-refractivity contribution in [3.05, 3.63) is 203 Å². The summed E-state index contributed by atoms with van der Waals surface area (Å²) < 4.78 is 0. The number of pyridine rings is 6. The molecule has 0 aromatic carbocycles. The van der Waals surface area contributed by atoms with E-state index in [-0.39, 0.29) is 10.8 Å². The largest absolute Gasteiger partial charge is 0.255 e. The van der Waals surface area contributed by atoms with E-state index in [1.54, 1.807) is 0 Å². The number of hydrogen-bond acceptors (Lipinski definition) is 6. The van der Waals surface area contributed by atoms with Crippen LogP contribution in [0.15, 0.2) is 192 Å². The van der Waals surface area contributed by atoms with E-state index < -0.39 is 10.8 Å². The Kier molecular flexibility index (Phi) is 9.07. The predicted octanol–water partition coefficient (Wildman–Crippen LogP) is 13.4. The molecule has 6 aromatic heterocycles. The SMILES string of the molecule is CC(C)(C)C1=CC2=CC(c3cc(-c4ccccn4)nc(-c4ccccn4)c3)=C3C=C(C(C)(C)C)C=C4C=C(c5cc(-c6ccccn6)nc(-c6ccccn6)c5)C(=C1)[C@]2(C)[C@@]43C. The highest BCUT2D eigenvalue weighted by Gasteiger charge is 2.59. The van der Waals surface area contributed by atoms with Crippen LogP contribution in [0.3, 0.4) is 0 Å². The lowest BCUT2D eigenvalue weighted by atomic mass is 9.43. The number of hydrogen-bond donors (Lipinski definition) is 0. The Hall–Kier alpha value is -6.92. The van der Waals surface area contributed by atoms with Crippen molar-refractivity contribution in [1.82, 2.24) is 29.9 Å². The molecule has 6 heterocycles. The molecule has 0 saturated heterocycles. The minimum absolute atomic E-state index is 0.126. The van der Waals surface area contributed by atoms with Gasteiger partial charge in [0, 0.05) is 35.6 Å². The molecule has 6 aromatic rings. The molecule has 62 heavy (non-hydrogen) atoms. The van der Waals surface area contributed by atoms with E-state index in [4.69, 9.17) is 29.9 Å². The highest BCUT2D eigenvalue weighted by atomic mass is 14.8. The summed E-state index contributed by atoms with van der Waals surface area (Å²) in [5, 5.41) is 0. The van der Waals surface area contributed by atoms with Crippen LogP contribution in [0.4, 0.5) is 0 Å². The normalized spacial score (nSPS) is 20.6. The third-order valence-electron chi connectivity index (χ3n) is 13.3. The predicted molar refractivity (Wildman–Crippen MR) is 252 cm³/mol. The summed E-state index contributed by atoms with van der Waals surface area (Å²) in [6, 6.07) is 32.9. The molecule has 4 aliphatic rings. The molecule has 0 amide bonds. The first-order valence-electron chi connectivity index (χ1n) is 21.5. The lowest BCUT2D eigenvalue weighted by molar-refractivity contribution is 0.249. The fourth-order valence-corrected chi connectivity index (χ4v) is 9.56. The minimum atomic E-state index is -0.448. The van der Waals surface area contributed by atoms with Gasteiger partial charge in [0.15, 0.2) is 0 Å². The summed E-state index contributed by atoms with van der Waals surface area (Å²) in [5.74, 6) is 0. The first kappa shape index (κ1) is 39.2. The molecule has 0 fully saturated rings. The fraction of sp³-hybridized carbons (Fsp3) is 0.214. The fourth-order valence-electron chi connectivity index (χ4n) is 9.56. The highest BCUT2D eigenvalue weighted by Crippen LogP contribution is 2.70. The van der Waals surface area contributed by atoms with Crippen LogP contribution in [0, 0.1) is 21.7 Å². The number of allylic oxidation sites excluding steroid dienone is 14. The van der Waals surface area contributed by atoms with Gasteiger partial charge in [-0.2, -0.15) is 0 Å². The lowest BCUT2D eigenvalue weighted by Crippen LogP contribution is -2.49. The van der Waals surface area contributed by atoms with Gasteiger partial charge in [0.1, 0.15) is 0 Å². The third kappa shape index (κ3) is 6.39. The molecule has 0 spiro atoms. The van der Waals surface area contributed by atoms with E-state index in [0.717, 1.165) is 56.7 Å². The average Bonchev–Trinajstić information content (AvgIpc) is 3.28. The number of nitrogens with zero attached hydrogens (tertiary/aromatic N) is 6. The molecular weight excluding hydrogens is 757 g/mol. The Morgan fingerprint density at radius 1 is 0.403 bits per heavy atom. The van der Waals surface area contributed by atoms with E-state index in [9.17, 15) is 0 Å². The van der Waals surface area contributed by atoms with Crippen molar-refractivity contribution in [2.24, 2.45) is 21.7 Å². The zero-order chi connectivity index (χ0) is 43.0. The van der Waals surface area contributed by atoms with Crippen molar-refractivity contribution in [1.29, 1.82) is 0 Å². The molecule has 0 saturated carbocycles. The maximum absolute atomic E-state index is 5.18. The zero-order valence-corrected chi connectivity index (χ0v) is 36.7. The second-order valence-corrected chi connectivity index (χ2v) is 19.2. The summed E-state index contributed by atoms with van der Waals surface area (Å²) in [7, 11) is 0. The minimum Gasteiger partial charge on any atom is -0.255 e. The highest BCUT2D eigenvalue weighted by molar-refractivity contribution is 5.96. The van der Waals surface area contributed by atoms with Gasteiger partial charge >= 0.3 is 0 Å². The van der Waals surface area contributed by atoms with Crippen LogP contribution < -0.4 is 0 Å². The molecular formula is C56H50N6. The van der Waals surface area contributed by atoms with Gasteiger partial charge in [-0.05, 0) is 151 Å². The van der Waals surface area contributed by atoms with Crippen LogP contribution in [0.1, 0.15) is 66.5 Å². The van der Waals surface area contributed by atoms with Gasteiger partial charge in [0.25, 0.3) is 0 Å². The van der Waals surface area contributed by atoms with Gasteiger partial charge in [-0.15, -0.1) is 0 Å². The number of rotatable bonds is 6. The molecule has 2 atom stereocenters. The summed E-state index contributed by atoms with van der Waals surface area (Å²) in [6.45, 7) is 18.8. The monoisotopic (exact) mass is 806 g/mol. The molecule has 0 bridgehead atoms. The first-order valence-corrected chi connectivity index (χ1v) is 21.5. The van der Waals surface area contributed by atoms with E-state index in [2.05, 4.69) is 116 Å². The maximum Gasteiger partial charge on any atom is 0.0900 e. The summed E-state index contributed by atoms with van der Waals surface area (Å²) >= 11 is 0. The summed E-state index contributed by atoms with van der Waals surface area (Å²) in [5.41, 5.74) is 17.6. The smallest absolute Gasteiger partial charge is 0.0900 e. The molecule has 6 heteroatoms.